The van der Waals surface area contributed by atoms with Crippen molar-refractivity contribution in [2.24, 2.45) is 0 Å². The molecule has 2 aromatic rings. The second kappa shape index (κ2) is 7.90. The fraction of sp³-hybridized carbons (Fsp3) is 0.533. The van der Waals surface area contributed by atoms with Crippen molar-refractivity contribution >= 4 is 39.9 Å². The normalized spacial score (nSPS) is 20.9. The van der Waals surface area contributed by atoms with Gasteiger partial charge < -0.3 is 10.6 Å². The first-order valence-electron chi connectivity index (χ1n) is 7.59. The van der Waals surface area contributed by atoms with Crippen LogP contribution in [0.2, 0.25) is 0 Å². The predicted molar refractivity (Wildman–Crippen MR) is 94.4 cm³/mol. The van der Waals surface area contributed by atoms with Crippen LogP contribution in [0, 0.1) is 0 Å². The van der Waals surface area contributed by atoms with Crippen molar-refractivity contribution in [1.82, 2.24) is 20.2 Å². The number of halogens is 1. The Morgan fingerprint density at radius 2 is 2.39 bits per heavy atom. The zero-order chi connectivity index (χ0) is 15.5. The number of rotatable bonds is 4. The van der Waals surface area contributed by atoms with Gasteiger partial charge in [-0.3, -0.25) is 14.2 Å². The molecule has 23 heavy (non-hydrogen) atoms. The van der Waals surface area contributed by atoms with E-state index in [0.717, 1.165) is 24.2 Å². The topological polar surface area (TPSA) is 76.0 Å². The Hall–Kier alpha value is -1.44. The standard InChI is InChI=1S/C15H20N4O2S.ClH/c1-10-8-11(2-5-16-10)18-13(20)3-6-19-9-17-14-12(15(19)21)4-7-22-14;/h4,7,9-11,16H,2-3,5-6,8H2,1H3,(H,18,20);1H. The number of carbonyl (C=O) groups is 1. The average molecular weight is 357 g/mol. The molecule has 8 heteroatoms. The molecule has 2 atom stereocenters. The van der Waals surface area contributed by atoms with Crippen LogP contribution in [-0.4, -0.2) is 34.1 Å². The number of aromatic nitrogens is 2. The smallest absolute Gasteiger partial charge is 0.262 e. The Bertz CT molecular complexity index is 730. The van der Waals surface area contributed by atoms with Gasteiger partial charge in [0.1, 0.15) is 4.83 Å². The lowest BCUT2D eigenvalue weighted by Gasteiger charge is -2.28. The third-order valence-electron chi connectivity index (χ3n) is 4.02. The molecular weight excluding hydrogens is 336 g/mol. The molecule has 0 saturated carbocycles. The molecule has 2 aromatic heterocycles. The minimum absolute atomic E-state index is 0. The summed E-state index contributed by atoms with van der Waals surface area (Å²) in [6.07, 6.45) is 3.74. The van der Waals surface area contributed by atoms with Gasteiger partial charge in [0.05, 0.1) is 11.7 Å². The number of nitrogens with one attached hydrogen (secondary N) is 2. The highest BCUT2D eigenvalue weighted by molar-refractivity contribution is 7.16. The molecule has 0 spiro atoms. The summed E-state index contributed by atoms with van der Waals surface area (Å²) < 4.78 is 1.51. The number of fused-ring (bicyclic) bond motifs is 1. The molecule has 6 nitrogen and oxygen atoms in total. The van der Waals surface area contributed by atoms with Crippen LogP contribution in [0.4, 0.5) is 0 Å². The summed E-state index contributed by atoms with van der Waals surface area (Å²) in [5.74, 6) is -0.00332. The Morgan fingerprint density at radius 3 is 3.17 bits per heavy atom. The highest BCUT2D eigenvalue weighted by atomic mass is 35.5. The monoisotopic (exact) mass is 356 g/mol. The molecule has 1 saturated heterocycles. The maximum Gasteiger partial charge on any atom is 0.262 e. The van der Waals surface area contributed by atoms with Crippen molar-refractivity contribution in [1.29, 1.82) is 0 Å². The zero-order valence-electron chi connectivity index (χ0n) is 12.9. The third-order valence-corrected chi connectivity index (χ3v) is 4.84. The number of hydrogen-bond donors (Lipinski definition) is 2. The van der Waals surface area contributed by atoms with Crippen LogP contribution in [-0.2, 0) is 11.3 Å². The third kappa shape index (κ3) is 4.31. The Morgan fingerprint density at radius 1 is 1.57 bits per heavy atom. The number of piperidine rings is 1. The van der Waals surface area contributed by atoms with Crippen LogP contribution in [0.25, 0.3) is 10.2 Å². The summed E-state index contributed by atoms with van der Waals surface area (Å²) in [5, 5.41) is 8.90. The van der Waals surface area contributed by atoms with E-state index in [1.807, 2.05) is 5.38 Å². The molecule has 1 amide bonds. The van der Waals surface area contributed by atoms with Gasteiger partial charge in [0.2, 0.25) is 5.91 Å². The second-order valence-corrected chi connectivity index (χ2v) is 6.67. The molecule has 3 heterocycles. The minimum Gasteiger partial charge on any atom is -0.353 e. The lowest BCUT2D eigenvalue weighted by atomic mass is 10.0. The molecule has 3 rings (SSSR count). The van der Waals surface area contributed by atoms with Crippen molar-refractivity contribution in [3.8, 4) is 0 Å². The fourth-order valence-corrected chi connectivity index (χ4v) is 3.56. The summed E-state index contributed by atoms with van der Waals surface area (Å²) in [7, 11) is 0. The number of nitrogens with zero attached hydrogens (tertiary/aromatic N) is 2. The number of carbonyl (C=O) groups excluding carboxylic acids is 1. The summed E-state index contributed by atoms with van der Waals surface area (Å²) in [6, 6.07) is 2.45. The minimum atomic E-state index is -0.0745. The Labute approximate surface area is 144 Å². The maximum atomic E-state index is 12.2. The van der Waals surface area contributed by atoms with E-state index in [4.69, 9.17) is 0 Å². The van der Waals surface area contributed by atoms with Gasteiger partial charge in [-0.25, -0.2) is 4.98 Å². The van der Waals surface area contributed by atoms with Crippen LogP contribution in [0.1, 0.15) is 26.2 Å². The van der Waals surface area contributed by atoms with E-state index in [2.05, 4.69) is 22.5 Å². The van der Waals surface area contributed by atoms with E-state index in [9.17, 15) is 9.59 Å². The van der Waals surface area contributed by atoms with Crippen LogP contribution in [0.5, 0.6) is 0 Å². The average Bonchev–Trinajstić information content (AvgIpc) is 2.96. The van der Waals surface area contributed by atoms with Crippen LogP contribution in [0.3, 0.4) is 0 Å². The van der Waals surface area contributed by atoms with Gasteiger partial charge in [0.15, 0.2) is 0 Å². The van der Waals surface area contributed by atoms with Gasteiger partial charge in [0.25, 0.3) is 5.56 Å². The molecule has 2 N–H and O–H groups in total. The lowest BCUT2D eigenvalue weighted by molar-refractivity contribution is -0.122. The number of hydrogen-bond acceptors (Lipinski definition) is 5. The number of aryl methyl sites for hydroxylation is 1. The van der Waals surface area contributed by atoms with Gasteiger partial charge in [-0.05, 0) is 37.8 Å². The summed E-state index contributed by atoms with van der Waals surface area (Å²) in [6.45, 7) is 3.42. The molecule has 0 bridgehead atoms. The van der Waals surface area contributed by atoms with Crippen molar-refractivity contribution in [3.05, 3.63) is 28.1 Å². The van der Waals surface area contributed by atoms with E-state index in [0.29, 0.717) is 24.4 Å². The molecule has 1 aliphatic rings. The molecule has 1 aliphatic heterocycles. The molecule has 1 fully saturated rings. The van der Waals surface area contributed by atoms with Gasteiger partial charge in [-0.1, -0.05) is 0 Å². The molecule has 0 radical (unpaired) electrons. The van der Waals surface area contributed by atoms with E-state index < -0.39 is 0 Å². The molecule has 0 aromatic carbocycles. The van der Waals surface area contributed by atoms with Crippen molar-refractivity contribution in [2.75, 3.05) is 6.54 Å². The van der Waals surface area contributed by atoms with Crippen molar-refractivity contribution < 1.29 is 4.79 Å². The first-order chi connectivity index (χ1) is 10.6. The maximum absolute atomic E-state index is 12.2. The van der Waals surface area contributed by atoms with E-state index >= 15 is 0 Å². The van der Waals surface area contributed by atoms with Gasteiger partial charge >= 0.3 is 0 Å². The first kappa shape index (κ1) is 17.9. The van der Waals surface area contributed by atoms with Gasteiger partial charge in [-0.2, -0.15) is 0 Å². The van der Waals surface area contributed by atoms with E-state index in [1.54, 1.807) is 6.07 Å². The summed E-state index contributed by atoms with van der Waals surface area (Å²) >= 11 is 1.45. The van der Waals surface area contributed by atoms with Crippen molar-refractivity contribution in [2.45, 2.75) is 44.8 Å². The van der Waals surface area contributed by atoms with Crippen LogP contribution in [0.15, 0.2) is 22.6 Å². The largest absolute Gasteiger partial charge is 0.353 e. The molecule has 0 aliphatic carbocycles. The van der Waals surface area contributed by atoms with Gasteiger partial charge in [0, 0.05) is 25.0 Å². The quantitative estimate of drug-likeness (QED) is 0.871. The number of thiophene rings is 1. The van der Waals surface area contributed by atoms with E-state index in [1.165, 1.54) is 22.2 Å². The summed E-state index contributed by atoms with van der Waals surface area (Å²) in [4.78, 5) is 29.3. The fourth-order valence-electron chi connectivity index (χ4n) is 2.84. The van der Waals surface area contributed by atoms with Crippen LogP contribution >= 0.6 is 23.7 Å². The van der Waals surface area contributed by atoms with Crippen LogP contribution < -0.4 is 16.2 Å². The molecular formula is C15H21ClN4O2S. The summed E-state index contributed by atoms with van der Waals surface area (Å²) in [5.41, 5.74) is -0.0745. The first-order valence-corrected chi connectivity index (χ1v) is 8.47. The highest BCUT2D eigenvalue weighted by Gasteiger charge is 2.19. The van der Waals surface area contributed by atoms with Gasteiger partial charge in [-0.15, -0.1) is 23.7 Å². The Kier molecular flexibility index (Phi) is 6.15. The number of amides is 1. The Balaban J connectivity index is 0.00000192. The zero-order valence-corrected chi connectivity index (χ0v) is 14.6. The SMILES string of the molecule is CC1CC(NC(=O)CCn2cnc3sccc3c2=O)CCN1.Cl. The van der Waals surface area contributed by atoms with E-state index in [-0.39, 0.29) is 29.9 Å². The van der Waals surface area contributed by atoms with Crippen molar-refractivity contribution in [3.63, 3.8) is 0 Å². The predicted octanol–water partition coefficient (Wildman–Crippen LogP) is 1.53. The second-order valence-electron chi connectivity index (χ2n) is 5.78. The lowest BCUT2D eigenvalue weighted by Crippen LogP contribution is -2.46. The molecule has 126 valence electrons. The molecule has 2 unspecified atom stereocenters. The highest BCUT2D eigenvalue weighted by Crippen LogP contribution is 2.13.